The summed E-state index contributed by atoms with van der Waals surface area (Å²) < 4.78 is 18.8. The van der Waals surface area contributed by atoms with Gasteiger partial charge in [-0.2, -0.15) is 0 Å². The molecule has 144 valence electrons. The van der Waals surface area contributed by atoms with Crippen molar-refractivity contribution < 1.29 is 18.7 Å². The number of nitrogens with zero attached hydrogens (tertiary/aromatic N) is 2. The van der Waals surface area contributed by atoms with Gasteiger partial charge in [0, 0.05) is 13.1 Å². The van der Waals surface area contributed by atoms with Gasteiger partial charge >= 0.3 is 0 Å². The van der Waals surface area contributed by atoms with E-state index in [1.165, 1.54) is 17.0 Å². The molecular formula is C22H21FN2O3. The third-order valence-corrected chi connectivity index (χ3v) is 5.34. The fourth-order valence-corrected chi connectivity index (χ4v) is 3.67. The smallest absolute Gasteiger partial charge is 0.282 e. The van der Waals surface area contributed by atoms with Gasteiger partial charge in [0.05, 0.1) is 24.5 Å². The van der Waals surface area contributed by atoms with Crippen LogP contribution in [0.15, 0.2) is 48.2 Å². The summed E-state index contributed by atoms with van der Waals surface area (Å²) in [6.45, 7) is 5.88. The number of morpholine rings is 1. The van der Waals surface area contributed by atoms with Crippen LogP contribution in [0, 0.1) is 19.7 Å². The maximum Gasteiger partial charge on any atom is 0.282 e. The normalized spacial score (nSPS) is 17.7. The van der Waals surface area contributed by atoms with E-state index in [9.17, 15) is 14.0 Å². The standard InChI is InChI=1S/C22H21FN2O3/c1-14-4-3-5-18(15(14)2)25-21(26)19(16-6-8-17(23)9-7-16)20(22(25)27)24-10-12-28-13-11-24/h3-9H,10-13H2,1-2H3. The molecule has 0 unspecified atom stereocenters. The minimum absolute atomic E-state index is 0.313. The number of carbonyl (C=O) groups is 2. The van der Waals surface area contributed by atoms with Crippen molar-refractivity contribution in [1.29, 1.82) is 0 Å². The number of ether oxygens (including phenoxy) is 1. The van der Waals surface area contributed by atoms with E-state index in [1.54, 1.807) is 18.2 Å². The van der Waals surface area contributed by atoms with Gasteiger partial charge in [0.2, 0.25) is 0 Å². The highest BCUT2D eigenvalue weighted by Crippen LogP contribution is 2.36. The molecule has 28 heavy (non-hydrogen) atoms. The summed E-state index contributed by atoms with van der Waals surface area (Å²) in [6.07, 6.45) is 0. The van der Waals surface area contributed by atoms with Crippen LogP contribution >= 0.6 is 0 Å². The van der Waals surface area contributed by atoms with E-state index < -0.39 is 0 Å². The molecule has 0 atom stereocenters. The van der Waals surface area contributed by atoms with E-state index in [4.69, 9.17) is 4.74 Å². The van der Waals surface area contributed by atoms with Crippen LogP contribution in [0.2, 0.25) is 0 Å². The summed E-state index contributed by atoms with van der Waals surface area (Å²) >= 11 is 0. The van der Waals surface area contributed by atoms with Crippen LogP contribution in [0.5, 0.6) is 0 Å². The topological polar surface area (TPSA) is 49.9 Å². The monoisotopic (exact) mass is 380 g/mol. The predicted molar refractivity (Wildman–Crippen MR) is 104 cm³/mol. The van der Waals surface area contributed by atoms with E-state index in [-0.39, 0.29) is 17.6 Å². The molecule has 2 amide bonds. The molecule has 2 aromatic carbocycles. The molecule has 2 aliphatic rings. The van der Waals surface area contributed by atoms with E-state index in [2.05, 4.69) is 0 Å². The van der Waals surface area contributed by atoms with Crippen LogP contribution in [-0.4, -0.2) is 43.0 Å². The number of imide groups is 1. The second kappa shape index (κ2) is 7.20. The van der Waals surface area contributed by atoms with Crippen LogP contribution < -0.4 is 4.90 Å². The summed E-state index contributed by atoms with van der Waals surface area (Å²) in [5.41, 5.74) is 3.67. The van der Waals surface area contributed by atoms with Crippen LogP contribution in [0.4, 0.5) is 10.1 Å². The molecule has 0 spiro atoms. The Morgan fingerprint density at radius 3 is 2.29 bits per heavy atom. The molecule has 0 N–H and O–H groups in total. The maximum atomic E-state index is 13.4. The maximum absolute atomic E-state index is 13.4. The zero-order chi connectivity index (χ0) is 19.8. The Bertz CT molecular complexity index is 976. The second-order valence-electron chi connectivity index (χ2n) is 6.99. The SMILES string of the molecule is Cc1cccc(N2C(=O)C(c3ccc(F)cc3)=C(N3CCOCC3)C2=O)c1C. The number of benzene rings is 2. The largest absolute Gasteiger partial charge is 0.378 e. The Kier molecular flexibility index (Phi) is 4.73. The summed E-state index contributed by atoms with van der Waals surface area (Å²) in [5.74, 6) is -1.12. The molecule has 0 bridgehead atoms. The van der Waals surface area contributed by atoms with Gasteiger partial charge in [0.15, 0.2) is 0 Å². The first-order chi connectivity index (χ1) is 13.5. The molecule has 0 radical (unpaired) electrons. The number of anilines is 1. The van der Waals surface area contributed by atoms with Crippen molar-refractivity contribution in [2.24, 2.45) is 0 Å². The van der Waals surface area contributed by atoms with Gasteiger partial charge in [-0.1, -0.05) is 24.3 Å². The van der Waals surface area contributed by atoms with E-state index in [0.29, 0.717) is 48.8 Å². The zero-order valence-electron chi connectivity index (χ0n) is 15.9. The summed E-state index contributed by atoms with van der Waals surface area (Å²) in [7, 11) is 0. The van der Waals surface area contributed by atoms with Crippen molar-refractivity contribution in [2.45, 2.75) is 13.8 Å². The molecule has 2 aromatic rings. The van der Waals surface area contributed by atoms with E-state index in [0.717, 1.165) is 11.1 Å². The average molecular weight is 380 g/mol. The lowest BCUT2D eigenvalue weighted by molar-refractivity contribution is -0.121. The number of halogens is 1. The number of hydrogen-bond donors (Lipinski definition) is 0. The lowest BCUT2D eigenvalue weighted by atomic mass is 10.0. The fourth-order valence-electron chi connectivity index (χ4n) is 3.67. The van der Waals surface area contributed by atoms with Crippen molar-refractivity contribution in [3.8, 4) is 0 Å². The van der Waals surface area contributed by atoms with Crippen molar-refractivity contribution >= 4 is 23.1 Å². The number of aryl methyl sites for hydroxylation is 1. The van der Waals surface area contributed by atoms with Crippen molar-refractivity contribution in [3.05, 3.63) is 70.7 Å². The minimum Gasteiger partial charge on any atom is -0.378 e. The number of amides is 2. The Morgan fingerprint density at radius 2 is 1.61 bits per heavy atom. The van der Waals surface area contributed by atoms with Gasteiger partial charge in [0.25, 0.3) is 11.8 Å². The first kappa shape index (κ1) is 18.4. The molecule has 0 aliphatic carbocycles. The van der Waals surface area contributed by atoms with Gasteiger partial charge in [-0.15, -0.1) is 0 Å². The van der Waals surface area contributed by atoms with Crippen LogP contribution in [0.3, 0.4) is 0 Å². The Hall–Kier alpha value is -2.99. The van der Waals surface area contributed by atoms with Gasteiger partial charge in [-0.25, -0.2) is 9.29 Å². The predicted octanol–water partition coefficient (Wildman–Crippen LogP) is 3.06. The molecule has 5 nitrogen and oxygen atoms in total. The van der Waals surface area contributed by atoms with Crippen LogP contribution in [0.1, 0.15) is 16.7 Å². The van der Waals surface area contributed by atoms with Crippen LogP contribution in [-0.2, 0) is 14.3 Å². The van der Waals surface area contributed by atoms with Gasteiger partial charge < -0.3 is 9.64 Å². The third-order valence-electron chi connectivity index (χ3n) is 5.34. The summed E-state index contributed by atoms with van der Waals surface area (Å²) in [4.78, 5) is 30.0. The highest BCUT2D eigenvalue weighted by Gasteiger charge is 2.43. The molecule has 0 saturated carbocycles. The molecule has 4 rings (SSSR count). The Morgan fingerprint density at radius 1 is 0.929 bits per heavy atom. The highest BCUT2D eigenvalue weighted by molar-refractivity contribution is 6.45. The third kappa shape index (κ3) is 2.99. The van der Waals surface area contributed by atoms with Crippen molar-refractivity contribution in [3.63, 3.8) is 0 Å². The number of hydrogen-bond acceptors (Lipinski definition) is 4. The molecule has 1 fully saturated rings. The van der Waals surface area contributed by atoms with Gasteiger partial charge in [-0.05, 0) is 48.7 Å². The number of carbonyl (C=O) groups excluding carboxylic acids is 2. The summed E-state index contributed by atoms with van der Waals surface area (Å²) in [6, 6.07) is 11.3. The number of rotatable bonds is 3. The lowest BCUT2D eigenvalue weighted by Gasteiger charge is -2.29. The molecule has 1 saturated heterocycles. The first-order valence-corrected chi connectivity index (χ1v) is 9.27. The summed E-state index contributed by atoms with van der Waals surface area (Å²) in [5, 5.41) is 0. The van der Waals surface area contributed by atoms with E-state index >= 15 is 0 Å². The fraction of sp³-hybridized carbons (Fsp3) is 0.273. The molecule has 0 aromatic heterocycles. The lowest BCUT2D eigenvalue weighted by Crippen LogP contribution is -2.40. The molecule has 2 heterocycles. The Labute approximate surface area is 163 Å². The van der Waals surface area contributed by atoms with Crippen molar-refractivity contribution in [1.82, 2.24) is 4.90 Å². The zero-order valence-corrected chi connectivity index (χ0v) is 15.9. The molecule has 2 aliphatic heterocycles. The Balaban J connectivity index is 1.85. The second-order valence-corrected chi connectivity index (χ2v) is 6.99. The van der Waals surface area contributed by atoms with E-state index in [1.807, 2.05) is 30.9 Å². The average Bonchev–Trinajstić information content (AvgIpc) is 2.96. The first-order valence-electron chi connectivity index (χ1n) is 9.27. The quantitative estimate of drug-likeness (QED) is 0.768. The van der Waals surface area contributed by atoms with Crippen molar-refractivity contribution in [2.75, 3.05) is 31.2 Å². The minimum atomic E-state index is -0.388. The molecule has 6 heteroatoms. The van der Waals surface area contributed by atoms with Gasteiger partial charge in [-0.3, -0.25) is 9.59 Å². The van der Waals surface area contributed by atoms with Crippen LogP contribution in [0.25, 0.3) is 5.57 Å². The molecular weight excluding hydrogens is 359 g/mol. The highest BCUT2D eigenvalue weighted by atomic mass is 19.1. The van der Waals surface area contributed by atoms with Gasteiger partial charge in [0.1, 0.15) is 11.5 Å².